The molecule has 0 bridgehead atoms. The maximum Gasteiger partial charge on any atom is 0.257 e. The predicted octanol–water partition coefficient (Wildman–Crippen LogP) is 1.42. The molecule has 8 nitrogen and oxygen atoms in total. The average molecular weight is 450 g/mol. The van der Waals surface area contributed by atoms with E-state index in [1.807, 2.05) is 6.92 Å². The van der Waals surface area contributed by atoms with Gasteiger partial charge in [0.1, 0.15) is 17.2 Å². The maximum atomic E-state index is 15.1. The summed E-state index contributed by atoms with van der Waals surface area (Å²) in [4.78, 5) is 24.3. The van der Waals surface area contributed by atoms with Gasteiger partial charge in [0.25, 0.3) is 5.91 Å². The van der Waals surface area contributed by atoms with Crippen LogP contribution in [0.3, 0.4) is 0 Å². The second-order valence-electron chi connectivity index (χ2n) is 7.95. The number of halogens is 2. The number of hydrogen-bond donors (Lipinski definition) is 3. The van der Waals surface area contributed by atoms with Gasteiger partial charge in [-0.25, -0.2) is 14.4 Å². The highest BCUT2D eigenvalue weighted by Crippen LogP contribution is 2.38. The molecule has 3 heterocycles. The van der Waals surface area contributed by atoms with Crippen LogP contribution in [0.15, 0.2) is 24.5 Å². The van der Waals surface area contributed by atoms with Crippen LogP contribution < -0.4 is 5.32 Å². The van der Waals surface area contributed by atoms with Gasteiger partial charge in [0.05, 0.1) is 17.1 Å². The molecule has 4 rings (SSSR count). The molecule has 2 aromatic rings. The molecule has 31 heavy (non-hydrogen) atoms. The zero-order valence-corrected chi connectivity index (χ0v) is 17.9. The highest BCUT2D eigenvalue weighted by atomic mass is 35.5. The zero-order chi connectivity index (χ0) is 22.2. The van der Waals surface area contributed by atoms with Crippen LogP contribution in [0.4, 0.5) is 4.39 Å². The maximum absolute atomic E-state index is 15.1. The fourth-order valence-corrected chi connectivity index (χ4v) is 4.22. The van der Waals surface area contributed by atoms with E-state index in [-0.39, 0.29) is 23.5 Å². The average Bonchev–Trinajstić information content (AvgIpc) is 3.01. The second-order valence-corrected chi connectivity index (χ2v) is 8.39. The molecule has 0 radical (unpaired) electrons. The first-order chi connectivity index (χ1) is 14.8. The van der Waals surface area contributed by atoms with Gasteiger partial charge in [0.15, 0.2) is 6.23 Å². The molecule has 1 aromatic heterocycles. The topological polar surface area (TPSA) is 102 Å². The monoisotopic (exact) mass is 449 g/mol. The molecule has 1 aromatic carbocycles. The molecule has 2 aliphatic heterocycles. The first-order valence-electron chi connectivity index (χ1n) is 10.3. The Hall–Kier alpha value is -2.17. The summed E-state index contributed by atoms with van der Waals surface area (Å²) in [6.45, 7) is 5.27. The van der Waals surface area contributed by atoms with Gasteiger partial charge in [-0.1, -0.05) is 18.5 Å². The standard InChI is InChI=1S/C21H25ClFN5O3/c1-2-21(31,12-27-5-3-24-4-6-27)13-7-15-18(16(23)8-13)20(30)28(19(15)29)11-17-25-9-14(22)10-26-17/h7-10,20,24,30-31H,2-6,11-12H2,1H3/t20-,21?/m1/s1. The minimum atomic E-state index is -1.46. The number of aliphatic hydroxyl groups excluding tert-OH is 1. The lowest BCUT2D eigenvalue weighted by molar-refractivity contribution is -0.00775. The summed E-state index contributed by atoms with van der Waals surface area (Å²) in [5.74, 6) is -0.989. The van der Waals surface area contributed by atoms with Gasteiger partial charge in [-0.3, -0.25) is 9.69 Å². The Bertz CT molecular complexity index is 970. The number of aliphatic hydroxyl groups is 2. The van der Waals surface area contributed by atoms with E-state index in [4.69, 9.17) is 11.6 Å². The first kappa shape index (κ1) is 22.0. The molecule has 2 atom stereocenters. The Morgan fingerprint density at radius 3 is 2.61 bits per heavy atom. The number of benzene rings is 1. The van der Waals surface area contributed by atoms with Crippen LogP contribution in [0.25, 0.3) is 0 Å². The fraction of sp³-hybridized carbons (Fsp3) is 0.476. The summed E-state index contributed by atoms with van der Waals surface area (Å²) in [5, 5.41) is 25.6. The SMILES string of the molecule is CCC(O)(CN1CCNCC1)c1cc(F)c2c(c1)C(=O)N(Cc1ncc(Cl)cn1)[C@@H]2O. The molecule has 1 unspecified atom stereocenters. The number of amides is 1. The smallest absolute Gasteiger partial charge is 0.257 e. The molecule has 1 saturated heterocycles. The quantitative estimate of drug-likeness (QED) is 0.613. The molecule has 1 fully saturated rings. The van der Waals surface area contributed by atoms with E-state index in [1.54, 1.807) is 0 Å². The van der Waals surface area contributed by atoms with E-state index in [1.165, 1.54) is 24.5 Å². The summed E-state index contributed by atoms with van der Waals surface area (Å²) in [5.41, 5.74) is -1.03. The first-order valence-corrected chi connectivity index (χ1v) is 10.6. The van der Waals surface area contributed by atoms with Crippen molar-refractivity contribution < 1.29 is 19.4 Å². The Morgan fingerprint density at radius 2 is 1.97 bits per heavy atom. The fourth-order valence-electron chi connectivity index (χ4n) is 4.13. The number of rotatable bonds is 6. The Kier molecular flexibility index (Phi) is 6.23. The largest absolute Gasteiger partial charge is 0.384 e. The minimum Gasteiger partial charge on any atom is -0.384 e. The number of hydrogen-bond acceptors (Lipinski definition) is 7. The van der Waals surface area contributed by atoms with Crippen molar-refractivity contribution in [3.05, 3.63) is 57.9 Å². The van der Waals surface area contributed by atoms with Gasteiger partial charge in [0.2, 0.25) is 0 Å². The number of nitrogens with zero attached hydrogens (tertiary/aromatic N) is 4. The van der Waals surface area contributed by atoms with E-state index < -0.39 is 23.6 Å². The summed E-state index contributed by atoms with van der Waals surface area (Å²) in [6, 6.07) is 2.72. The van der Waals surface area contributed by atoms with Crippen molar-refractivity contribution in [2.24, 2.45) is 0 Å². The van der Waals surface area contributed by atoms with Crippen LogP contribution in [0, 0.1) is 5.82 Å². The van der Waals surface area contributed by atoms with Crippen LogP contribution in [-0.4, -0.2) is 68.6 Å². The molecule has 3 N–H and O–H groups in total. The van der Waals surface area contributed by atoms with Gasteiger partial charge in [-0.2, -0.15) is 0 Å². The van der Waals surface area contributed by atoms with Gasteiger partial charge in [0, 0.05) is 50.7 Å². The molecular weight excluding hydrogens is 425 g/mol. The van der Waals surface area contributed by atoms with E-state index in [0.717, 1.165) is 31.1 Å². The van der Waals surface area contributed by atoms with Gasteiger partial charge in [-0.05, 0) is 24.1 Å². The van der Waals surface area contributed by atoms with Crippen LogP contribution in [-0.2, 0) is 12.1 Å². The van der Waals surface area contributed by atoms with Gasteiger partial charge < -0.3 is 20.4 Å². The van der Waals surface area contributed by atoms with Crippen LogP contribution in [0.5, 0.6) is 0 Å². The number of β-amino-alcohol motifs (C(OH)–C–C–N with tert-alkyl or cyclic N) is 1. The van der Waals surface area contributed by atoms with Crippen molar-refractivity contribution in [2.75, 3.05) is 32.7 Å². The van der Waals surface area contributed by atoms with Crippen molar-refractivity contribution in [1.29, 1.82) is 0 Å². The molecule has 0 saturated carbocycles. The van der Waals surface area contributed by atoms with Gasteiger partial charge >= 0.3 is 0 Å². The van der Waals surface area contributed by atoms with Crippen molar-refractivity contribution >= 4 is 17.5 Å². The van der Waals surface area contributed by atoms with E-state index in [2.05, 4.69) is 20.2 Å². The van der Waals surface area contributed by atoms with E-state index in [9.17, 15) is 15.0 Å². The highest BCUT2D eigenvalue weighted by molar-refractivity contribution is 6.30. The van der Waals surface area contributed by atoms with Crippen LogP contribution >= 0.6 is 11.6 Å². The minimum absolute atomic E-state index is 0.0450. The number of fused-ring (bicyclic) bond motifs is 1. The van der Waals surface area contributed by atoms with Crippen molar-refractivity contribution in [1.82, 2.24) is 25.1 Å². The lowest BCUT2D eigenvalue weighted by Gasteiger charge is -2.36. The molecule has 166 valence electrons. The number of aromatic nitrogens is 2. The lowest BCUT2D eigenvalue weighted by Crippen LogP contribution is -2.49. The third-order valence-corrected chi connectivity index (χ3v) is 6.17. The lowest BCUT2D eigenvalue weighted by atomic mass is 9.88. The van der Waals surface area contributed by atoms with E-state index >= 15 is 4.39 Å². The number of piperazine rings is 1. The molecular formula is C21H25ClFN5O3. The summed E-state index contributed by atoms with van der Waals surface area (Å²) < 4.78 is 15.1. The van der Waals surface area contributed by atoms with E-state index in [0.29, 0.717) is 23.6 Å². The number of nitrogens with one attached hydrogen (secondary N) is 1. The molecule has 0 spiro atoms. The Labute approximate surface area is 184 Å². The molecule has 1 amide bonds. The molecule has 0 aliphatic carbocycles. The summed E-state index contributed by atoms with van der Waals surface area (Å²) in [6.07, 6.45) is 1.67. The van der Waals surface area contributed by atoms with Crippen LogP contribution in [0.1, 0.15) is 46.9 Å². The molecule has 10 heteroatoms. The zero-order valence-electron chi connectivity index (χ0n) is 17.2. The summed E-state index contributed by atoms with van der Waals surface area (Å²) in [7, 11) is 0. The third kappa shape index (κ3) is 4.28. The number of carbonyl (C=O) groups excluding carboxylic acids is 1. The van der Waals surface area contributed by atoms with Crippen molar-refractivity contribution in [3.63, 3.8) is 0 Å². The second kappa shape index (κ2) is 8.76. The predicted molar refractivity (Wildman–Crippen MR) is 112 cm³/mol. The van der Waals surface area contributed by atoms with Gasteiger partial charge in [-0.15, -0.1) is 0 Å². The summed E-state index contributed by atoms with van der Waals surface area (Å²) >= 11 is 5.79. The van der Waals surface area contributed by atoms with Crippen LogP contribution in [0.2, 0.25) is 5.02 Å². The van der Waals surface area contributed by atoms with Crippen molar-refractivity contribution in [3.8, 4) is 0 Å². The Balaban J connectivity index is 1.62. The van der Waals surface area contributed by atoms with Crippen molar-refractivity contribution in [2.45, 2.75) is 31.7 Å². The third-order valence-electron chi connectivity index (χ3n) is 5.98. The number of carbonyl (C=O) groups is 1. The highest BCUT2D eigenvalue weighted by Gasteiger charge is 2.41. The Morgan fingerprint density at radius 1 is 1.29 bits per heavy atom. The normalized spacial score (nSPS) is 21.3. The molecule has 2 aliphatic rings.